The van der Waals surface area contributed by atoms with Crippen LogP contribution in [-0.4, -0.2) is 56.6 Å². The number of halogens is 1. The Bertz CT molecular complexity index is 1280. The van der Waals surface area contributed by atoms with E-state index in [1.165, 1.54) is 12.8 Å². The smallest absolute Gasteiger partial charge is 0.140 e. The van der Waals surface area contributed by atoms with Crippen molar-refractivity contribution < 1.29 is 9.13 Å². The van der Waals surface area contributed by atoms with Crippen LogP contribution in [0.1, 0.15) is 18.9 Å². The molecule has 0 bridgehead atoms. The summed E-state index contributed by atoms with van der Waals surface area (Å²) >= 11 is 0. The topological polar surface area (TPSA) is 81.3 Å². The van der Waals surface area contributed by atoms with Gasteiger partial charge in [0.1, 0.15) is 23.4 Å². The number of hydrogen-bond acceptors (Lipinski definition) is 6. The Kier molecular flexibility index (Phi) is 4.57. The van der Waals surface area contributed by atoms with Crippen molar-refractivity contribution in [2.75, 3.05) is 25.5 Å². The van der Waals surface area contributed by atoms with Crippen LogP contribution in [0.4, 0.5) is 10.2 Å². The third-order valence-corrected chi connectivity index (χ3v) is 6.15. The predicted octanol–water partition coefficient (Wildman–Crippen LogP) is 3.33. The molecule has 2 aliphatic rings. The molecular formula is C23H24FN7O. The molecule has 8 nitrogen and oxygen atoms in total. The second-order valence-corrected chi connectivity index (χ2v) is 8.40. The van der Waals surface area contributed by atoms with Crippen LogP contribution >= 0.6 is 0 Å². The van der Waals surface area contributed by atoms with Gasteiger partial charge in [-0.15, -0.1) is 0 Å². The van der Waals surface area contributed by atoms with Gasteiger partial charge in [-0.1, -0.05) is 6.07 Å². The Hall–Kier alpha value is -3.46. The molecule has 1 aliphatic heterocycles. The number of alkyl halides is 1. The summed E-state index contributed by atoms with van der Waals surface area (Å²) in [7, 11) is 1.66. The Morgan fingerprint density at radius 2 is 2.09 bits per heavy atom. The normalized spacial score (nSPS) is 20.7. The van der Waals surface area contributed by atoms with E-state index in [1.807, 2.05) is 45.7 Å². The van der Waals surface area contributed by atoms with Crippen molar-refractivity contribution in [3.05, 3.63) is 49.1 Å². The van der Waals surface area contributed by atoms with Crippen LogP contribution < -0.4 is 15.4 Å². The van der Waals surface area contributed by atoms with Crippen molar-refractivity contribution in [1.29, 1.82) is 0 Å². The largest absolute Gasteiger partial charge is 0.496 e. The number of imidazole rings is 1. The molecule has 0 amide bonds. The summed E-state index contributed by atoms with van der Waals surface area (Å²) in [6.07, 6.45) is 9.20. The summed E-state index contributed by atoms with van der Waals surface area (Å²) in [5.41, 5.74) is 4.32. The van der Waals surface area contributed by atoms with Gasteiger partial charge in [0.05, 0.1) is 43.0 Å². The number of fused-ring (bicyclic) bond motifs is 1. The first kappa shape index (κ1) is 19.2. The van der Waals surface area contributed by atoms with Crippen LogP contribution in [0.25, 0.3) is 28.2 Å². The first-order valence-corrected chi connectivity index (χ1v) is 10.9. The van der Waals surface area contributed by atoms with Crippen LogP contribution in [0.15, 0.2) is 49.1 Å². The predicted molar refractivity (Wildman–Crippen MR) is 120 cm³/mol. The van der Waals surface area contributed by atoms with Crippen molar-refractivity contribution in [2.24, 2.45) is 0 Å². The Morgan fingerprint density at radius 1 is 1.19 bits per heavy atom. The molecule has 6 rings (SSSR count). The summed E-state index contributed by atoms with van der Waals surface area (Å²) in [5, 5.41) is 10.8. The summed E-state index contributed by atoms with van der Waals surface area (Å²) in [6, 6.07) is 7.87. The third-order valence-electron chi connectivity index (χ3n) is 6.15. The number of pyridine rings is 2. The second-order valence-electron chi connectivity index (χ2n) is 8.40. The molecule has 4 aromatic heterocycles. The van der Waals surface area contributed by atoms with Gasteiger partial charge in [0.15, 0.2) is 0 Å². The fourth-order valence-corrected chi connectivity index (χ4v) is 4.23. The molecule has 0 radical (unpaired) electrons. The lowest BCUT2D eigenvalue weighted by Crippen LogP contribution is -2.29. The Morgan fingerprint density at radius 3 is 2.88 bits per heavy atom. The van der Waals surface area contributed by atoms with E-state index in [-0.39, 0.29) is 6.04 Å². The molecule has 2 unspecified atom stereocenters. The molecule has 2 fully saturated rings. The molecule has 164 valence electrons. The summed E-state index contributed by atoms with van der Waals surface area (Å²) in [6.45, 7) is 0.951. The summed E-state index contributed by atoms with van der Waals surface area (Å²) in [5.74, 6) is 1.39. The molecule has 1 saturated heterocycles. The number of ether oxygens (including phenoxy) is 1. The number of nitrogens with one attached hydrogen (secondary N) is 2. The molecule has 32 heavy (non-hydrogen) atoms. The van der Waals surface area contributed by atoms with E-state index in [2.05, 4.69) is 26.9 Å². The Labute approximate surface area is 184 Å². The number of methoxy groups -OCH3 is 1. The average molecular weight is 433 g/mol. The third kappa shape index (κ3) is 3.38. The average Bonchev–Trinajstić information content (AvgIpc) is 3.20. The fraction of sp³-hybridized carbons (Fsp3) is 0.348. The molecule has 5 heterocycles. The SMILES string of the molecule is COc1cc2ncc(-c3cccc(NC4CNCC4F)n3)n2cc1-c1cnn(C2CC2)c1. The zero-order chi connectivity index (χ0) is 21.7. The van der Waals surface area contributed by atoms with E-state index < -0.39 is 6.17 Å². The molecule has 2 atom stereocenters. The fourth-order valence-electron chi connectivity index (χ4n) is 4.23. The minimum atomic E-state index is -0.928. The molecule has 1 saturated carbocycles. The highest BCUT2D eigenvalue weighted by Crippen LogP contribution is 2.37. The molecule has 9 heteroatoms. The van der Waals surface area contributed by atoms with Gasteiger partial charge in [-0.2, -0.15) is 5.10 Å². The van der Waals surface area contributed by atoms with Crippen LogP contribution in [0.3, 0.4) is 0 Å². The van der Waals surface area contributed by atoms with Crippen molar-refractivity contribution in [3.63, 3.8) is 0 Å². The van der Waals surface area contributed by atoms with Gasteiger partial charge in [-0.3, -0.25) is 9.08 Å². The highest BCUT2D eigenvalue weighted by molar-refractivity contribution is 5.73. The van der Waals surface area contributed by atoms with E-state index in [0.29, 0.717) is 24.9 Å². The van der Waals surface area contributed by atoms with Crippen LogP contribution in [0.5, 0.6) is 5.75 Å². The van der Waals surface area contributed by atoms with Crippen LogP contribution in [0.2, 0.25) is 0 Å². The first-order chi connectivity index (χ1) is 15.7. The zero-order valence-electron chi connectivity index (χ0n) is 17.7. The van der Waals surface area contributed by atoms with Gasteiger partial charge < -0.3 is 15.4 Å². The van der Waals surface area contributed by atoms with Crippen molar-refractivity contribution >= 4 is 11.5 Å². The minimum absolute atomic E-state index is 0.279. The lowest BCUT2D eigenvalue weighted by molar-refractivity contribution is 0.342. The maximum atomic E-state index is 14.0. The molecule has 0 aromatic carbocycles. The second kappa shape index (κ2) is 7.59. The van der Waals surface area contributed by atoms with Gasteiger partial charge in [0, 0.05) is 42.7 Å². The minimum Gasteiger partial charge on any atom is -0.496 e. The lowest BCUT2D eigenvalue weighted by Gasteiger charge is -2.15. The molecule has 1 aliphatic carbocycles. The quantitative estimate of drug-likeness (QED) is 0.486. The molecule has 0 spiro atoms. The van der Waals surface area contributed by atoms with Gasteiger partial charge >= 0.3 is 0 Å². The maximum Gasteiger partial charge on any atom is 0.140 e. The highest BCUT2D eigenvalue weighted by Gasteiger charge is 2.27. The summed E-state index contributed by atoms with van der Waals surface area (Å²) in [4.78, 5) is 9.29. The Balaban J connectivity index is 1.38. The standard InChI is InChI=1S/C23H24FN7O/c1-32-21-7-23-26-11-20(18-3-2-4-22(28-18)29-19-10-25-9-17(19)24)30(23)13-16(21)14-8-27-31(12-14)15-5-6-15/h2-4,7-8,11-13,15,17,19,25H,5-6,9-10H2,1H3,(H,28,29). The lowest BCUT2D eigenvalue weighted by atomic mass is 10.1. The molecule has 4 aromatic rings. The molecule has 2 N–H and O–H groups in total. The van der Waals surface area contributed by atoms with Crippen LogP contribution in [-0.2, 0) is 0 Å². The summed E-state index contributed by atoms with van der Waals surface area (Å²) < 4.78 is 23.7. The zero-order valence-corrected chi connectivity index (χ0v) is 17.7. The number of rotatable bonds is 6. The van der Waals surface area contributed by atoms with E-state index >= 15 is 0 Å². The monoisotopic (exact) mass is 433 g/mol. The van der Waals surface area contributed by atoms with Gasteiger partial charge in [0.2, 0.25) is 0 Å². The van der Waals surface area contributed by atoms with Crippen molar-refractivity contribution in [1.82, 2.24) is 29.5 Å². The first-order valence-electron chi connectivity index (χ1n) is 10.9. The highest BCUT2D eigenvalue weighted by atomic mass is 19.1. The maximum absolute atomic E-state index is 14.0. The van der Waals surface area contributed by atoms with Crippen LogP contribution in [0, 0.1) is 0 Å². The number of aromatic nitrogens is 5. The molecular weight excluding hydrogens is 409 g/mol. The van der Waals surface area contributed by atoms with Crippen molar-refractivity contribution in [3.8, 4) is 28.3 Å². The number of anilines is 1. The van der Waals surface area contributed by atoms with E-state index in [1.54, 1.807) is 13.3 Å². The van der Waals surface area contributed by atoms with Gasteiger partial charge in [0.25, 0.3) is 0 Å². The van der Waals surface area contributed by atoms with Gasteiger partial charge in [-0.05, 0) is 25.0 Å². The van der Waals surface area contributed by atoms with Crippen molar-refractivity contribution in [2.45, 2.75) is 31.1 Å². The number of hydrogen-bond donors (Lipinski definition) is 2. The number of nitrogens with zero attached hydrogens (tertiary/aromatic N) is 5. The van der Waals surface area contributed by atoms with E-state index in [9.17, 15) is 4.39 Å². The van der Waals surface area contributed by atoms with Gasteiger partial charge in [-0.25, -0.2) is 14.4 Å². The van der Waals surface area contributed by atoms with E-state index in [4.69, 9.17) is 9.72 Å². The van der Waals surface area contributed by atoms with E-state index in [0.717, 1.165) is 33.9 Å².